The van der Waals surface area contributed by atoms with E-state index in [1.165, 1.54) is 11.1 Å². The predicted molar refractivity (Wildman–Crippen MR) is 109 cm³/mol. The molecule has 0 aromatic heterocycles. The van der Waals surface area contributed by atoms with Crippen molar-refractivity contribution in [3.8, 4) is 0 Å². The Morgan fingerprint density at radius 2 is 1.61 bits per heavy atom. The van der Waals surface area contributed by atoms with E-state index >= 15 is 0 Å². The highest BCUT2D eigenvalue weighted by molar-refractivity contribution is 6.31. The van der Waals surface area contributed by atoms with Crippen molar-refractivity contribution in [3.05, 3.63) is 97.5 Å². The summed E-state index contributed by atoms with van der Waals surface area (Å²) in [4.78, 5) is 2.29. The van der Waals surface area contributed by atoms with Crippen molar-refractivity contribution >= 4 is 7.41 Å². The van der Waals surface area contributed by atoms with Crippen LogP contribution in [0.4, 0.5) is 0 Å². The molecule has 0 aromatic carbocycles. The van der Waals surface area contributed by atoms with Gasteiger partial charge in [0.1, 0.15) is 0 Å². The maximum Gasteiger partial charge on any atom is 0.239 e. The summed E-state index contributed by atoms with van der Waals surface area (Å²) in [6, 6.07) is 0. The summed E-state index contributed by atoms with van der Waals surface area (Å²) in [5.41, 5.74) is 4.71. The third-order valence-corrected chi connectivity index (χ3v) is 3.55. The van der Waals surface area contributed by atoms with Crippen LogP contribution in [-0.2, 0) is 0 Å². The first kappa shape index (κ1) is 20.8. The molecule has 0 bridgehead atoms. The van der Waals surface area contributed by atoms with Crippen LogP contribution in [0.15, 0.2) is 97.5 Å². The predicted octanol–water partition coefficient (Wildman–Crippen LogP) is 5.87. The maximum atomic E-state index is 3.97. The Hall–Kier alpha value is -2.22. The first-order valence-electron chi connectivity index (χ1n) is 8.21. The Labute approximate surface area is 143 Å². The SMILES string of the molecule is C=C/C=C\C(=C(/C=C)CC)N(BC)C(=C/C=C)/C(=C\C=C)CC. The minimum absolute atomic E-state index is 0.850. The molecular formula is C21H30BN. The van der Waals surface area contributed by atoms with E-state index in [1.807, 2.05) is 24.3 Å². The molecule has 0 atom stereocenters. The van der Waals surface area contributed by atoms with Crippen LogP contribution < -0.4 is 0 Å². The van der Waals surface area contributed by atoms with E-state index in [0.29, 0.717) is 0 Å². The zero-order chi connectivity index (χ0) is 17.7. The van der Waals surface area contributed by atoms with Gasteiger partial charge in [0.2, 0.25) is 7.41 Å². The molecule has 0 saturated carbocycles. The molecule has 122 valence electrons. The monoisotopic (exact) mass is 307 g/mol. The minimum atomic E-state index is 0.850. The average Bonchev–Trinajstić information content (AvgIpc) is 2.57. The largest absolute Gasteiger partial charge is 0.390 e. The minimum Gasteiger partial charge on any atom is -0.390 e. The van der Waals surface area contributed by atoms with Crippen molar-refractivity contribution in [2.45, 2.75) is 33.5 Å². The Bertz CT molecular complexity index is 544. The van der Waals surface area contributed by atoms with E-state index in [-0.39, 0.29) is 0 Å². The van der Waals surface area contributed by atoms with Crippen LogP contribution in [-0.4, -0.2) is 12.2 Å². The molecule has 0 heterocycles. The Kier molecular flexibility index (Phi) is 11.2. The first-order valence-corrected chi connectivity index (χ1v) is 8.21. The van der Waals surface area contributed by atoms with E-state index < -0.39 is 0 Å². The van der Waals surface area contributed by atoms with Gasteiger partial charge in [0.05, 0.1) is 0 Å². The van der Waals surface area contributed by atoms with Crippen LogP contribution in [0.5, 0.6) is 0 Å². The van der Waals surface area contributed by atoms with Crippen LogP contribution in [0, 0.1) is 0 Å². The molecule has 0 unspecified atom stereocenters. The molecule has 0 saturated heterocycles. The summed E-state index contributed by atoms with van der Waals surface area (Å²) in [6.07, 6.45) is 17.4. The van der Waals surface area contributed by atoms with E-state index in [9.17, 15) is 0 Å². The third-order valence-electron chi connectivity index (χ3n) is 3.55. The Balaban J connectivity index is 6.33. The lowest BCUT2D eigenvalue weighted by Crippen LogP contribution is -2.26. The molecule has 23 heavy (non-hydrogen) atoms. The zero-order valence-corrected chi connectivity index (χ0v) is 15.0. The van der Waals surface area contributed by atoms with Gasteiger partial charge in [-0.25, -0.2) is 0 Å². The lowest BCUT2D eigenvalue weighted by molar-refractivity contribution is 0.679. The molecule has 0 amide bonds. The lowest BCUT2D eigenvalue weighted by Gasteiger charge is -2.30. The van der Waals surface area contributed by atoms with Crippen LogP contribution in [0.2, 0.25) is 6.82 Å². The molecule has 0 aliphatic rings. The fraction of sp³-hybridized carbons (Fsp3) is 0.238. The quantitative estimate of drug-likeness (QED) is 0.341. The van der Waals surface area contributed by atoms with Crippen molar-refractivity contribution in [2.75, 3.05) is 0 Å². The highest BCUT2D eigenvalue weighted by atomic mass is 15.1. The summed E-state index contributed by atoms with van der Waals surface area (Å²) in [7, 11) is 0.850. The summed E-state index contributed by atoms with van der Waals surface area (Å²) >= 11 is 0. The number of hydrogen-bond donors (Lipinski definition) is 0. The van der Waals surface area contributed by atoms with Gasteiger partial charge in [0.15, 0.2) is 0 Å². The third kappa shape index (κ3) is 6.19. The highest BCUT2D eigenvalue weighted by Crippen LogP contribution is 2.26. The van der Waals surface area contributed by atoms with E-state index in [1.54, 1.807) is 6.08 Å². The zero-order valence-electron chi connectivity index (χ0n) is 15.0. The Morgan fingerprint density at radius 1 is 0.957 bits per heavy atom. The van der Waals surface area contributed by atoms with Gasteiger partial charge < -0.3 is 4.81 Å². The van der Waals surface area contributed by atoms with Crippen molar-refractivity contribution in [2.24, 2.45) is 0 Å². The first-order chi connectivity index (χ1) is 11.1. The van der Waals surface area contributed by atoms with Gasteiger partial charge in [-0.05, 0) is 36.1 Å². The molecule has 0 rings (SSSR count). The summed E-state index contributed by atoms with van der Waals surface area (Å²) < 4.78 is 0. The van der Waals surface area contributed by atoms with Crippen molar-refractivity contribution in [1.82, 2.24) is 4.81 Å². The van der Waals surface area contributed by atoms with Gasteiger partial charge in [-0.1, -0.05) is 83.4 Å². The van der Waals surface area contributed by atoms with Gasteiger partial charge in [-0.15, -0.1) is 0 Å². The molecule has 0 spiro atoms. The smallest absolute Gasteiger partial charge is 0.239 e. The fourth-order valence-electron chi connectivity index (χ4n) is 2.44. The van der Waals surface area contributed by atoms with Gasteiger partial charge >= 0.3 is 0 Å². The van der Waals surface area contributed by atoms with Gasteiger partial charge in [0, 0.05) is 11.4 Å². The second kappa shape index (κ2) is 12.3. The number of allylic oxidation sites excluding steroid dienone is 10. The van der Waals surface area contributed by atoms with Crippen LogP contribution in [0.25, 0.3) is 0 Å². The molecule has 1 nitrogen and oxygen atoms in total. The van der Waals surface area contributed by atoms with Crippen molar-refractivity contribution in [3.63, 3.8) is 0 Å². The average molecular weight is 307 g/mol. The van der Waals surface area contributed by atoms with Crippen molar-refractivity contribution in [1.29, 1.82) is 0 Å². The second-order valence-corrected chi connectivity index (χ2v) is 4.88. The Morgan fingerprint density at radius 3 is 2.00 bits per heavy atom. The fourth-order valence-corrected chi connectivity index (χ4v) is 2.44. The molecule has 0 aromatic rings. The lowest BCUT2D eigenvalue weighted by atomic mass is 9.88. The normalized spacial score (nSPS) is 13.3. The van der Waals surface area contributed by atoms with Crippen LogP contribution >= 0.6 is 0 Å². The second-order valence-electron chi connectivity index (χ2n) is 4.88. The van der Waals surface area contributed by atoms with E-state index in [4.69, 9.17) is 0 Å². The van der Waals surface area contributed by atoms with E-state index in [0.717, 1.165) is 31.7 Å². The van der Waals surface area contributed by atoms with Gasteiger partial charge in [-0.2, -0.15) is 0 Å². The number of rotatable bonds is 11. The summed E-state index contributed by atoms with van der Waals surface area (Å²) in [6.45, 7) is 21.9. The topological polar surface area (TPSA) is 3.24 Å². The van der Waals surface area contributed by atoms with Crippen molar-refractivity contribution < 1.29 is 0 Å². The van der Waals surface area contributed by atoms with E-state index in [2.05, 4.69) is 70.0 Å². The molecule has 0 N–H and O–H groups in total. The maximum absolute atomic E-state index is 3.97. The highest BCUT2D eigenvalue weighted by Gasteiger charge is 2.16. The molecular weight excluding hydrogens is 277 g/mol. The molecule has 0 aliphatic heterocycles. The van der Waals surface area contributed by atoms with Gasteiger partial charge in [-0.3, -0.25) is 0 Å². The standard InChI is InChI=1S/C21H30BN/c1-8-14-17-21(18(11-4)12-5)23(22-7)20(16-10-3)19(13-6)15-9-2/h8-11,14-17,22H,1-4,12-13H2,5-7H3/b17-14-,19-15-,20-16+,21-18-. The molecule has 0 radical (unpaired) electrons. The molecule has 2 heteroatoms. The molecule has 0 aliphatic carbocycles. The van der Waals surface area contributed by atoms with Gasteiger partial charge in [0.25, 0.3) is 0 Å². The number of hydrogen-bond acceptors (Lipinski definition) is 1. The summed E-state index contributed by atoms with van der Waals surface area (Å²) in [5.74, 6) is 0. The van der Waals surface area contributed by atoms with Crippen LogP contribution in [0.3, 0.4) is 0 Å². The number of nitrogens with zero attached hydrogens (tertiary/aromatic N) is 1. The molecule has 0 fully saturated rings. The van der Waals surface area contributed by atoms with Crippen LogP contribution in [0.1, 0.15) is 26.7 Å². The summed E-state index contributed by atoms with van der Waals surface area (Å²) in [5, 5.41) is 0.